The Hall–Kier alpha value is -2.60. The molecule has 124 valence electrons. The van der Waals surface area contributed by atoms with Crippen LogP contribution in [0.4, 0.5) is 0 Å². The molecular formula is C18H18N2O4. The quantitative estimate of drug-likeness (QED) is 0.725. The number of fused-ring (bicyclic) bond motifs is 3. The minimum atomic E-state index is -0.651. The standard InChI is InChI=1S/C18H18N2O4/c21-12(9-20-7-6-19-11-20)10-23-13-4-5-15-14-2-1-3-16(14)18(22)24-17(15)8-13/h4-8,11-12,21H,1-3,9-10H2/t12-/m1/s1. The van der Waals surface area contributed by atoms with Gasteiger partial charge in [0.25, 0.3) is 0 Å². The highest BCUT2D eigenvalue weighted by Gasteiger charge is 2.19. The molecule has 6 heteroatoms. The molecule has 2 aromatic heterocycles. The van der Waals surface area contributed by atoms with Gasteiger partial charge in [-0.05, 0) is 37.0 Å². The molecule has 0 aliphatic heterocycles. The highest BCUT2D eigenvalue weighted by Crippen LogP contribution is 2.29. The smallest absolute Gasteiger partial charge is 0.339 e. The first-order valence-corrected chi connectivity index (χ1v) is 8.06. The second kappa shape index (κ2) is 6.13. The van der Waals surface area contributed by atoms with E-state index in [0.717, 1.165) is 35.8 Å². The molecule has 0 saturated heterocycles. The lowest BCUT2D eigenvalue weighted by atomic mass is 10.1. The molecule has 0 amide bonds. The first-order valence-electron chi connectivity index (χ1n) is 8.06. The van der Waals surface area contributed by atoms with Crippen LogP contribution in [0.5, 0.6) is 5.75 Å². The summed E-state index contributed by atoms with van der Waals surface area (Å²) in [6, 6.07) is 5.50. The molecule has 1 aliphatic rings. The van der Waals surface area contributed by atoms with Crippen LogP contribution in [0.25, 0.3) is 11.0 Å². The van der Waals surface area contributed by atoms with Gasteiger partial charge in [-0.3, -0.25) is 0 Å². The average molecular weight is 326 g/mol. The first kappa shape index (κ1) is 15.0. The zero-order valence-corrected chi connectivity index (χ0v) is 13.1. The third-order valence-corrected chi connectivity index (χ3v) is 4.37. The molecule has 0 fully saturated rings. The molecule has 0 spiro atoms. The topological polar surface area (TPSA) is 77.5 Å². The second-order valence-electron chi connectivity index (χ2n) is 6.08. The van der Waals surface area contributed by atoms with E-state index in [0.29, 0.717) is 17.9 Å². The maximum atomic E-state index is 12.0. The van der Waals surface area contributed by atoms with Crippen molar-refractivity contribution in [1.29, 1.82) is 0 Å². The Morgan fingerprint density at radius 3 is 3.04 bits per heavy atom. The Kier molecular flexibility index (Phi) is 3.82. The zero-order chi connectivity index (χ0) is 16.5. The summed E-state index contributed by atoms with van der Waals surface area (Å²) >= 11 is 0. The van der Waals surface area contributed by atoms with Crippen LogP contribution in [0.1, 0.15) is 17.5 Å². The highest BCUT2D eigenvalue weighted by atomic mass is 16.5. The van der Waals surface area contributed by atoms with Crippen LogP contribution >= 0.6 is 0 Å². The second-order valence-corrected chi connectivity index (χ2v) is 6.08. The van der Waals surface area contributed by atoms with Crippen molar-refractivity contribution in [3.63, 3.8) is 0 Å². The predicted octanol–water partition coefficient (Wildman–Crippen LogP) is 1.92. The van der Waals surface area contributed by atoms with E-state index in [4.69, 9.17) is 9.15 Å². The SMILES string of the molecule is O=c1oc2cc(OC[C@H](O)Cn3ccnc3)ccc2c2c1CCC2. The zero-order valence-electron chi connectivity index (χ0n) is 13.1. The molecule has 1 aromatic carbocycles. The number of aliphatic hydroxyl groups excluding tert-OH is 1. The number of hydrogen-bond donors (Lipinski definition) is 1. The number of hydrogen-bond acceptors (Lipinski definition) is 5. The van der Waals surface area contributed by atoms with Crippen molar-refractivity contribution < 1.29 is 14.3 Å². The van der Waals surface area contributed by atoms with Crippen molar-refractivity contribution in [2.24, 2.45) is 0 Å². The van der Waals surface area contributed by atoms with Crippen molar-refractivity contribution in [1.82, 2.24) is 9.55 Å². The van der Waals surface area contributed by atoms with Gasteiger partial charge in [0.1, 0.15) is 24.0 Å². The fourth-order valence-corrected chi connectivity index (χ4v) is 3.24. The monoisotopic (exact) mass is 326 g/mol. The molecule has 1 atom stereocenters. The molecule has 2 heterocycles. The van der Waals surface area contributed by atoms with E-state index in [9.17, 15) is 9.90 Å². The largest absolute Gasteiger partial charge is 0.491 e. The lowest BCUT2D eigenvalue weighted by Crippen LogP contribution is -2.23. The van der Waals surface area contributed by atoms with Crippen LogP contribution in [0.15, 0.2) is 46.1 Å². The Bertz CT molecular complexity index is 915. The normalized spacial score (nSPS) is 14.7. The number of nitrogens with zero attached hydrogens (tertiary/aromatic N) is 2. The molecule has 0 saturated carbocycles. The van der Waals surface area contributed by atoms with Crippen molar-refractivity contribution in [3.8, 4) is 5.75 Å². The molecule has 0 bridgehead atoms. The molecule has 1 aliphatic carbocycles. The highest BCUT2D eigenvalue weighted by molar-refractivity contribution is 5.83. The van der Waals surface area contributed by atoms with Crippen molar-refractivity contribution >= 4 is 11.0 Å². The number of rotatable bonds is 5. The van der Waals surface area contributed by atoms with E-state index in [-0.39, 0.29) is 12.2 Å². The minimum Gasteiger partial charge on any atom is -0.491 e. The lowest BCUT2D eigenvalue weighted by Gasteiger charge is -2.13. The lowest BCUT2D eigenvalue weighted by molar-refractivity contribution is 0.0925. The van der Waals surface area contributed by atoms with Gasteiger partial charge in [-0.15, -0.1) is 0 Å². The molecule has 3 aromatic rings. The molecule has 1 N–H and O–H groups in total. The van der Waals surface area contributed by atoms with E-state index in [1.165, 1.54) is 0 Å². The maximum Gasteiger partial charge on any atom is 0.339 e. The fourth-order valence-electron chi connectivity index (χ4n) is 3.24. The molecule has 4 rings (SSSR count). The molecule has 0 radical (unpaired) electrons. The average Bonchev–Trinajstić information content (AvgIpc) is 3.24. The van der Waals surface area contributed by atoms with Crippen LogP contribution in [0.3, 0.4) is 0 Å². The van der Waals surface area contributed by atoms with Gasteiger partial charge in [0.15, 0.2) is 0 Å². The van der Waals surface area contributed by atoms with E-state index >= 15 is 0 Å². The van der Waals surface area contributed by atoms with Crippen LogP contribution in [0.2, 0.25) is 0 Å². The number of imidazole rings is 1. The summed E-state index contributed by atoms with van der Waals surface area (Å²) in [5, 5.41) is 11.0. The van der Waals surface area contributed by atoms with Gasteiger partial charge in [0.2, 0.25) is 0 Å². The van der Waals surface area contributed by atoms with Crippen molar-refractivity contribution in [3.05, 3.63) is 58.5 Å². The van der Waals surface area contributed by atoms with E-state index in [1.807, 2.05) is 12.1 Å². The van der Waals surface area contributed by atoms with Crippen LogP contribution in [-0.4, -0.2) is 27.4 Å². The first-order chi connectivity index (χ1) is 11.7. The third-order valence-electron chi connectivity index (χ3n) is 4.37. The molecular weight excluding hydrogens is 308 g/mol. The number of aryl methyl sites for hydroxylation is 1. The number of aromatic nitrogens is 2. The van der Waals surface area contributed by atoms with Gasteiger partial charge < -0.3 is 18.8 Å². The summed E-state index contributed by atoms with van der Waals surface area (Å²) in [6.07, 6.45) is 7.16. The fraction of sp³-hybridized carbons (Fsp3) is 0.333. The summed E-state index contributed by atoms with van der Waals surface area (Å²) in [6.45, 7) is 0.565. The molecule has 24 heavy (non-hydrogen) atoms. The van der Waals surface area contributed by atoms with Gasteiger partial charge in [0, 0.05) is 29.4 Å². The van der Waals surface area contributed by atoms with Gasteiger partial charge in [-0.25, -0.2) is 9.78 Å². The maximum absolute atomic E-state index is 12.0. The van der Waals surface area contributed by atoms with Crippen molar-refractivity contribution in [2.45, 2.75) is 31.9 Å². The van der Waals surface area contributed by atoms with E-state index < -0.39 is 6.10 Å². The Morgan fingerprint density at radius 2 is 2.21 bits per heavy atom. The third kappa shape index (κ3) is 2.80. The number of aliphatic hydroxyl groups is 1. The summed E-state index contributed by atoms with van der Waals surface area (Å²) < 4.78 is 12.9. The molecule has 0 unspecified atom stereocenters. The summed E-state index contributed by atoms with van der Waals surface area (Å²) in [7, 11) is 0. The molecule has 6 nitrogen and oxygen atoms in total. The van der Waals surface area contributed by atoms with Gasteiger partial charge in [0.05, 0.1) is 12.9 Å². The van der Waals surface area contributed by atoms with Gasteiger partial charge in [-0.1, -0.05) is 0 Å². The van der Waals surface area contributed by atoms with E-state index in [2.05, 4.69) is 4.98 Å². The summed E-state index contributed by atoms with van der Waals surface area (Å²) in [4.78, 5) is 16.0. The van der Waals surface area contributed by atoms with Gasteiger partial charge >= 0.3 is 5.63 Å². The van der Waals surface area contributed by atoms with Crippen molar-refractivity contribution in [2.75, 3.05) is 6.61 Å². The Morgan fingerprint density at radius 1 is 1.33 bits per heavy atom. The number of ether oxygens (including phenoxy) is 1. The number of benzene rings is 1. The van der Waals surface area contributed by atoms with E-state index in [1.54, 1.807) is 29.4 Å². The summed E-state index contributed by atoms with van der Waals surface area (Å²) in [5.41, 5.74) is 2.22. The summed E-state index contributed by atoms with van der Waals surface area (Å²) in [5.74, 6) is 0.577. The Balaban J connectivity index is 1.51. The minimum absolute atomic E-state index is 0.152. The van der Waals surface area contributed by atoms with Crippen LogP contribution in [0, 0.1) is 0 Å². The van der Waals surface area contributed by atoms with Crippen LogP contribution in [-0.2, 0) is 19.4 Å². The Labute approximate surface area is 138 Å². The predicted molar refractivity (Wildman–Crippen MR) is 88.2 cm³/mol. The van der Waals surface area contributed by atoms with Crippen LogP contribution < -0.4 is 10.4 Å². The van der Waals surface area contributed by atoms with Gasteiger partial charge in [-0.2, -0.15) is 0 Å².